The topological polar surface area (TPSA) is 88.2 Å². The van der Waals surface area contributed by atoms with Gasteiger partial charge in [0.05, 0.1) is 0 Å². The van der Waals surface area contributed by atoms with Gasteiger partial charge in [-0.25, -0.2) is 0 Å². The predicted molar refractivity (Wildman–Crippen MR) is 110 cm³/mol. The van der Waals surface area contributed by atoms with E-state index in [-0.39, 0.29) is 29.4 Å². The van der Waals surface area contributed by atoms with Crippen molar-refractivity contribution in [1.82, 2.24) is 15.5 Å². The summed E-state index contributed by atoms with van der Waals surface area (Å²) in [5.74, 6) is 0.102. The first-order chi connectivity index (χ1) is 15.2. The first kappa shape index (κ1) is 24.0. The van der Waals surface area contributed by atoms with Crippen LogP contribution in [0.2, 0.25) is 9.46 Å². The van der Waals surface area contributed by atoms with Crippen molar-refractivity contribution in [2.75, 3.05) is 26.2 Å². The summed E-state index contributed by atoms with van der Waals surface area (Å²) in [6.45, 7) is 2.23. The zero-order chi connectivity index (χ0) is 23.0. The number of halogens is 4. The Balaban J connectivity index is 1.59. The number of rotatable bonds is 5. The van der Waals surface area contributed by atoms with Crippen LogP contribution < -0.4 is 10.6 Å². The van der Waals surface area contributed by atoms with Crippen LogP contribution in [0.25, 0.3) is 0 Å². The average Bonchev–Trinajstić information content (AvgIpc) is 3.54. The molecule has 1 saturated carbocycles. The van der Waals surface area contributed by atoms with Gasteiger partial charge >= 0.3 is 199 Å². The molecule has 171 valence electrons. The van der Waals surface area contributed by atoms with Crippen molar-refractivity contribution in [2.45, 2.75) is 35.4 Å². The van der Waals surface area contributed by atoms with E-state index in [1.807, 2.05) is 0 Å². The second-order valence-corrected chi connectivity index (χ2v) is 11.0. The third-order valence-corrected chi connectivity index (χ3v) is 8.90. The molecular formula is C20H23ClF3N5O2Sn+. The van der Waals surface area contributed by atoms with Gasteiger partial charge in [-0.15, -0.1) is 0 Å². The summed E-state index contributed by atoms with van der Waals surface area (Å²) in [4.78, 5) is 15.6. The van der Waals surface area contributed by atoms with E-state index in [2.05, 4.69) is 21.6 Å². The van der Waals surface area contributed by atoms with Crippen molar-refractivity contribution in [2.24, 2.45) is 17.8 Å². The number of alkyl halides is 3. The van der Waals surface area contributed by atoms with Gasteiger partial charge in [0, 0.05) is 0 Å². The van der Waals surface area contributed by atoms with Crippen molar-refractivity contribution in [3.05, 3.63) is 39.3 Å². The van der Waals surface area contributed by atoms with Gasteiger partial charge in [-0.05, 0) is 0 Å². The Morgan fingerprint density at radius 3 is 2.78 bits per heavy atom. The molecule has 7 nitrogen and oxygen atoms in total. The maximum atomic E-state index is 13.5. The van der Waals surface area contributed by atoms with Crippen molar-refractivity contribution < 1.29 is 21.0 Å². The summed E-state index contributed by atoms with van der Waals surface area (Å²) in [6, 6.07) is 5.91. The standard InChI is InChI=1S/C20H23ClF3N5O.O.Sn/c1-11-9-27-18(12-2-3-16(21)15(7-12)20(22,23)24)29(30)19(11)28-5-4-26-17(10-28)14-6-13(14)8-25;;/h2-3,7,11,13-14,17-19,26-27H,1,4-6,9-10H2;;/q+1;;. The fourth-order valence-electron chi connectivity index (χ4n) is 4.89. The van der Waals surface area contributed by atoms with Crippen LogP contribution in [0.15, 0.2) is 18.2 Å². The zero-order valence-electron chi connectivity index (χ0n) is 17.1. The summed E-state index contributed by atoms with van der Waals surface area (Å²) < 4.78 is 52.9. The monoisotopic (exact) mass is 577 g/mol. The van der Waals surface area contributed by atoms with Crippen LogP contribution in [-0.2, 0) is 9.25 Å². The molecule has 3 fully saturated rings. The zero-order valence-corrected chi connectivity index (χ0v) is 20.7. The van der Waals surface area contributed by atoms with Gasteiger partial charge in [0.2, 0.25) is 0 Å². The molecule has 4 rings (SSSR count). The van der Waals surface area contributed by atoms with Gasteiger partial charge in [0.15, 0.2) is 0 Å². The number of hydrogen-bond acceptors (Lipinski definition) is 6. The Morgan fingerprint density at radius 1 is 1.34 bits per heavy atom. The molecule has 1 aromatic rings. The molecule has 2 heterocycles. The molecule has 0 bridgehead atoms. The average molecular weight is 577 g/mol. The molecule has 6 atom stereocenters. The van der Waals surface area contributed by atoms with Crippen LogP contribution in [0.5, 0.6) is 0 Å². The number of nitrogens with zero attached hydrogens (tertiary/aromatic N) is 3. The van der Waals surface area contributed by atoms with Crippen LogP contribution >= 0.6 is 11.6 Å². The second-order valence-electron chi connectivity index (χ2n) is 8.62. The molecule has 2 aliphatic heterocycles. The van der Waals surface area contributed by atoms with E-state index in [0.29, 0.717) is 30.6 Å². The summed E-state index contributed by atoms with van der Waals surface area (Å²) in [7, 11) is 0. The summed E-state index contributed by atoms with van der Waals surface area (Å²) in [5.41, 5.74) is -0.779. The summed E-state index contributed by atoms with van der Waals surface area (Å²) in [5, 5.41) is 15.2. The molecule has 0 amide bonds. The van der Waals surface area contributed by atoms with Crippen LogP contribution in [0.4, 0.5) is 13.2 Å². The molecule has 0 spiro atoms. The number of nitroso groups, excluding NO2 is 1. The quantitative estimate of drug-likeness (QED) is 0.414. The van der Waals surface area contributed by atoms with E-state index in [1.54, 1.807) is 0 Å². The van der Waals surface area contributed by atoms with Crippen LogP contribution in [0.1, 0.15) is 23.7 Å². The van der Waals surface area contributed by atoms with Crippen molar-refractivity contribution in [3.8, 4) is 6.07 Å². The number of hydrogen-bond donors (Lipinski definition) is 2. The SMILES string of the molecule is N#CC1CC1C1CN(C2C([CH2][Sn]=[O])CNC(c3ccc(Cl)c(C(F)(F)F)c3)[N+]2=O)CCN1. The molecule has 12 heteroatoms. The molecule has 1 radical (unpaired) electrons. The Bertz CT molecular complexity index is 943. The van der Waals surface area contributed by atoms with E-state index in [4.69, 9.17) is 16.9 Å². The van der Waals surface area contributed by atoms with E-state index in [0.717, 1.165) is 17.2 Å². The van der Waals surface area contributed by atoms with Gasteiger partial charge in [0.1, 0.15) is 0 Å². The second kappa shape index (κ2) is 9.62. The fraction of sp³-hybridized carbons (Fsp3) is 0.650. The van der Waals surface area contributed by atoms with Crippen molar-refractivity contribution in [1.29, 1.82) is 5.26 Å². The molecule has 1 aliphatic carbocycles. The Labute approximate surface area is 198 Å². The van der Waals surface area contributed by atoms with Gasteiger partial charge in [0.25, 0.3) is 0 Å². The summed E-state index contributed by atoms with van der Waals surface area (Å²) in [6.07, 6.45) is -5.35. The third kappa shape index (κ3) is 4.87. The fourth-order valence-corrected chi connectivity index (χ4v) is 6.74. The number of benzene rings is 1. The minimum absolute atomic E-state index is 0.0259. The number of nitrogens with one attached hydrogen (secondary N) is 2. The molecule has 3 aliphatic rings. The summed E-state index contributed by atoms with van der Waals surface area (Å²) >= 11 is 3.90. The molecular weight excluding hydrogens is 553 g/mol. The Hall–Kier alpha value is -1.13. The Kier molecular flexibility index (Phi) is 7.22. The van der Waals surface area contributed by atoms with Crippen molar-refractivity contribution in [3.63, 3.8) is 0 Å². The first-order valence-electron chi connectivity index (χ1n) is 10.5. The molecule has 32 heavy (non-hydrogen) atoms. The molecule has 2 N–H and O–H groups in total. The number of nitriles is 1. The van der Waals surface area contributed by atoms with Crippen LogP contribution in [-0.4, -0.2) is 69.2 Å². The van der Waals surface area contributed by atoms with E-state index < -0.39 is 50.2 Å². The predicted octanol–water partition coefficient (Wildman–Crippen LogP) is 2.58. The first-order valence-corrected chi connectivity index (χ1v) is 14.1. The van der Waals surface area contributed by atoms with Gasteiger partial charge in [-0.1, -0.05) is 0 Å². The minimum atomic E-state index is -4.62. The van der Waals surface area contributed by atoms with E-state index in [9.17, 15) is 21.2 Å². The maximum absolute atomic E-state index is 13.5. The number of piperazine rings is 1. The van der Waals surface area contributed by atoms with Gasteiger partial charge in [-0.3, -0.25) is 0 Å². The van der Waals surface area contributed by atoms with Gasteiger partial charge in [-0.2, -0.15) is 0 Å². The molecule has 2 saturated heterocycles. The Morgan fingerprint density at radius 2 is 2.12 bits per heavy atom. The van der Waals surface area contributed by atoms with Crippen LogP contribution in [0.3, 0.4) is 0 Å². The van der Waals surface area contributed by atoms with Gasteiger partial charge < -0.3 is 0 Å². The molecule has 1 aromatic carbocycles. The molecule has 0 aromatic heterocycles. The van der Waals surface area contributed by atoms with Crippen LogP contribution in [0, 0.1) is 34.0 Å². The van der Waals surface area contributed by atoms with Crippen molar-refractivity contribution >= 4 is 32.7 Å². The van der Waals surface area contributed by atoms with E-state index in [1.165, 1.54) is 12.1 Å². The third-order valence-electron chi connectivity index (χ3n) is 6.60. The molecule has 6 unspecified atom stereocenters. The van der Waals surface area contributed by atoms with E-state index >= 15 is 0 Å². The normalized spacial score (nSPS) is 33.5.